The van der Waals surface area contributed by atoms with Crippen LogP contribution in [0, 0.1) is 23.1 Å². The van der Waals surface area contributed by atoms with Gasteiger partial charge in [0.1, 0.15) is 5.82 Å². The maximum absolute atomic E-state index is 13.3. The maximum atomic E-state index is 13.3. The zero-order valence-electron chi connectivity index (χ0n) is 17.3. The molecule has 154 valence electrons. The van der Waals surface area contributed by atoms with Gasteiger partial charge in [-0.1, -0.05) is 45.7 Å². The van der Waals surface area contributed by atoms with E-state index < -0.39 is 0 Å². The highest BCUT2D eigenvalue weighted by molar-refractivity contribution is 5.83. The van der Waals surface area contributed by atoms with Crippen molar-refractivity contribution >= 4 is 11.8 Å². The molecule has 0 unspecified atom stereocenters. The van der Waals surface area contributed by atoms with Crippen LogP contribution in [0.15, 0.2) is 24.3 Å². The van der Waals surface area contributed by atoms with Gasteiger partial charge >= 0.3 is 0 Å². The standard InChI is InChI=1S/C23H33FN2O2/c1-23(2,3)22(28)26-14-12-18(13-15-26)21(27)25-20(16-6-4-5-7-16)17-8-10-19(24)11-9-17/h8-11,16,18,20H,4-7,12-15H2,1-3H3,(H,25,27)/t20-/m1/s1. The lowest BCUT2D eigenvalue weighted by atomic mass is 9.88. The number of halogens is 1. The molecule has 0 radical (unpaired) electrons. The van der Waals surface area contributed by atoms with E-state index in [1.54, 1.807) is 12.1 Å². The fourth-order valence-electron chi connectivity index (χ4n) is 4.52. The van der Waals surface area contributed by atoms with Crippen molar-refractivity contribution < 1.29 is 14.0 Å². The van der Waals surface area contributed by atoms with E-state index in [2.05, 4.69) is 5.32 Å². The van der Waals surface area contributed by atoms with Crippen LogP contribution in [0.3, 0.4) is 0 Å². The Kier molecular flexibility index (Phi) is 6.41. The number of piperidine rings is 1. The van der Waals surface area contributed by atoms with Crippen LogP contribution >= 0.6 is 0 Å². The Morgan fingerprint density at radius 3 is 2.14 bits per heavy atom. The minimum Gasteiger partial charge on any atom is -0.349 e. The monoisotopic (exact) mass is 388 g/mol. The number of carbonyl (C=O) groups excluding carboxylic acids is 2. The lowest BCUT2D eigenvalue weighted by molar-refractivity contribution is -0.142. The summed E-state index contributed by atoms with van der Waals surface area (Å²) in [5, 5.41) is 3.27. The molecule has 1 atom stereocenters. The summed E-state index contributed by atoms with van der Waals surface area (Å²) in [6.45, 7) is 7.08. The number of nitrogens with one attached hydrogen (secondary N) is 1. The number of nitrogens with zero attached hydrogens (tertiary/aromatic N) is 1. The Hall–Kier alpha value is -1.91. The number of hydrogen-bond donors (Lipinski definition) is 1. The molecule has 0 spiro atoms. The molecule has 0 bridgehead atoms. The molecule has 2 aliphatic rings. The van der Waals surface area contributed by atoms with Gasteiger partial charge in [0.15, 0.2) is 0 Å². The molecule has 1 aromatic carbocycles. The Morgan fingerprint density at radius 1 is 1.04 bits per heavy atom. The van der Waals surface area contributed by atoms with Gasteiger partial charge in [-0.15, -0.1) is 0 Å². The van der Waals surface area contributed by atoms with E-state index >= 15 is 0 Å². The molecule has 2 amide bonds. The molecule has 1 N–H and O–H groups in total. The van der Waals surface area contributed by atoms with E-state index in [-0.39, 0.29) is 35.0 Å². The molecule has 28 heavy (non-hydrogen) atoms. The Bertz CT molecular complexity index is 682. The van der Waals surface area contributed by atoms with Gasteiger partial charge in [0.05, 0.1) is 6.04 Å². The second kappa shape index (κ2) is 8.62. The molecule has 0 aromatic heterocycles. The van der Waals surface area contributed by atoms with Crippen molar-refractivity contribution in [1.82, 2.24) is 10.2 Å². The summed E-state index contributed by atoms with van der Waals surface area (Å²) >= 11 is 0. The van der Waals surface area contributed by atoms with Crippen LogP contribution in [0.1, 0.15) is 70.9 Å². The molecule has 4 nitrogen and oxygen atoms in total. The van der Waals surface area contributed by atoms with Gasteiger partial charge in [-0.3, -0.25) is 9.59 Å². The largest absolute Gasteiger partial charge is 0.349 e. The molecule has 1 saturated carbocycles. The lowest BCUT2D eigenvalue weighted by Crippen LogP contribution is -2.47. The van der Waals surface area contributed by atoms with Crippen LogP contribution in [0.2, 0.25) is 0 Å². The smallest absolute Gasteiger partial charge is 0.227 e. The van der Waals surface area contributed by atoms with E-state index in [0.717, 1.165) is 18.4 Å². The number of likely N-dealkylation sites (tertiary alicyclic amines) is 1. The van der Waals surface area contributed by atoms with E-state index in [1.807, 2.05) is 25.7 Å². The van der Waals surface area contributed by atoms with Crippen LogP contribution < -0.4 is 5.32 Å². The zero-order valence-corrected chi connectivity index (χ0v) is 17.3. The van der Waals surface area contributed by atoms with Crippen molar-refractivity contribution in [3.05, 3.63) is 35.6 Å². The van der Waals surface area contributed by atoms with Crippen LogP contribution in [-0.4, -0.2) is 29.8 Å². The van der Waals surface area contributed by atoms with Crippen molar-refractivity contribution in [1.29, 1.82) is 0 Å². The molecule has 1 saturated heterocycles. The van der Waals surface area contributed by atoms with Crippen LogP contribution in [0.25, 0.3) is 0 Å². The first kappa shape index (κ1) is 20.8. The van der Waals surface area contributed by atoms with E-state index in [0.29, 0.717) is 31.8 Å². The fraction of sp³-hybridized carbons (Fsp3) is 0.652. The molecule has 2 fully saturated rings. The van der Waals surface area contributed by atoms with E-state index in [4.69, 9.17) is 0 Å². The van der Waals surface area contributed by atoms with Crippen molar-refractivity contribution in [3.63, 3.8) is 0 Å². The molecule has 1 aliphatic carbocycles. The maximum Gasteiger partial charge on any atom is 0.227 e. The Morgan fingerprint density at radius 2 is 1.61 bits per heavy atom. The van der Waals surface area contributed by atoms with Gasteiger partial charge in [0, 0.05) is 24.4 Å². The van der Waals surface area contributed by atoms with Crippen molar-refractivity contribution in [3.8, 4) is 0 Å². The summed E-state index contributed by atoms with van der Waals surface area (Å²) < 4.78 is 13.3. The zero-order chi connectivity index (χ0) is 20.3. The third-order valence-corrected chi connectivity index (χ3v) is 6.19. The number of benzene rings is 1. The molecule has 5 heteroatoms. The van der Waals surface area contributed by atoms with E-state index in [1.165, 1.54) is 25.0 Å². The summed E-state index contributed by atoms with van der Waals surface area (Å²) in [7, 11) is 0. The fourth-order valence-corrected chi connectivity index (χ4v) is 4.52. The van der Waals surface area contributed by atoms with Gasteiger partial charge < -0.3 is 10.2 Å². The molecule has 3 rings (SSSR count). The van der Waals surface area contributed by atoms with Gasteiger partial charge in [0.25, 0.3) is 0 Å². The van der Waals surface area contributed by atoms with Crippen LogP contribution in [0.4, 0.5) is 4.39 Å². The quantitative estimate of drug-likeness (QED) is 0.828. The molecule has 1 aliphatic heterocycles. The first-order valence-corrected chi connectivity index (χ1v) is 10.6. The summed E-state index contributed by atoms with van der Waals surface area (Å²) in [6, 6.07) is 6.48. The van der Waals surface area contributed by atoms with Crippen molar-refractivity contribution in [2.75, 3.05) is 13.1 Å². The Balaban J connectivity index is 1.63. The molecule has 1 heterocycles. The van der Waals surface area contributed by atoms with Crippen molar-refractivity contribution in [2.45, 2.75) is 65.3 Å². The first-order valence-electron chi connectivity index (χ1n) is 10.6. The normalized spacial score (nSPS) is 20.2. The third kappa shape index (κ3) is 4.92. The summed E-state index contributed by atoms with van der Waals surface area (Å²) in [6.07, 6.45) is 5.97. The molecule has 1 aromatic rings. The van der Waals surface area contributed by atoms with Gasteiger partial charge in [0.2, 0.25) is 11.8 Å². The van der Waals surface area contributed by atoms with Gasteiger partial charge in [-0.2, -0.15) is 0 Å². The van der Waals surface area contributed by atoms with E-state index in [9.17, 15) is 14.0 Å². The first-order chi connectivity index (χ1) is 13.3. The topological polar surface area (TPSA) is 49.4 Å². The number of hydrogen-bond acceptors (Lipinski definition) is 2. The predicted octanol–water partition coefficient (Wildman–Crippen LogP) is 4.46. The summed E-state index contributed by atoms with van der Waals surface area (Å²) in [4.78, 5) is 27.3. The SMILES string of the molecule is CC(C)(C)C(=O)N1CCC(C(=O)N[C@@H](c2ccc(F)cc2)C2CCCC2)CC1. The number of amides is 2. The van der Waals surface area contributed by atoms with Gasteiger partial charge in [-0.25, -0.2) is 4.39 Å². The average Bonchev–Trinajstić information content (AvgIpc) is 3.20. The number of rotatable bonds is 4. The average molecular weight is 389 g/mol. The summed E-state index contributed by atoms with van der Waals surface area (Å²) in [5.41, 5.74) is 0.604. The minimum absolute atomic E-state index is 0.0511. The summed E-state index contributed by atoms with van der Waals surface area (Å²) in [5.74, 6) is 0.326. The highest BCUT2D eigenvalue weighted by Gasteiger charge is 2.34. The second-order valence-corrected chi connectivity index (χ2v) is 9.40. The van der Waals surface area contributed by atoms with Crippen molar-refractivity contribution in [2.24, 2.45) is 17.3 Å². The lowest BCUT2D eigenvalue weighted by Gasteiger charge is -2.36. The molecular weight excluding hydrogens is 355 g/mol. The second-order valence-electron chi connectivity index (χ2n) is 9.40. The Labute approximate surface area is 167 Å². The van der Waals surface area contributed by atoms with Crippen LogP contribution in [-0.2, 0) is 9.59 Å². The van der Waals surface area contributed by atoms with Gasteiger partial charge in [-0.05, 0) is 49.3 Å². The third-order valence-electron chi connectivity index (χ3n) is 6.19. The highest BCUT2D eigenvalue weighted by Crippen LogP contribution is 2.36. The predicted molar refractivity (Wildman–Crippen MR) is 108 cm³/mol. The minimum atomic E-state index is -0.384. The van der Waals surface area contributed by atoms with Crippen LogP contribution in [0.5, 0.6) is 0 Å². The molecular formula is C23H33FN2O2. The highest BCUT2D eigenvalue weighted by atomic mass is 19.1. The number of carbonyl (C=O) groups is 2.